The van der Waals surface area contributed by atoms with Gasteiger partial charge in [0.05, 0.1) is 12.8 Å². The normalized spacial score (nSPS) is 10.8. The Labute approximate surface area is 121 Å². The number of alkyl halides is 2. The third-order valence-electron chi connectivity index (χ3n) is 2.10. The van der Waals surface area contributed by atoms with Crippen LogP contribution in [0.5, 0.6) is 5.75 Å². The lowest BCUT2D eigenvalue weighted by Gasteiger charge is -2.08. The molecule has 20 heavy (non-hydrogen) atoms. The second kappa shape index (κ2) is 9.16. The average molecular weight is 303 g/mol. The lowest BCUT2D eigenvalue weighted by molar-refractivity contribution is -0.0499. The molecule has 0 saturated heterocycles. The van der Waals surface area contributed by atoms with Crippen molar-refractivity contribution < 1.29 is 18.3 Å². The summed E-state index contributed by atoms with van der Waals surface area (Å²) in [5.74, 6) is 0.0475. The Morgan fingerprint density at radius 2 is 2.20 bits per heavy atom. The molecule has 110 valence electrons. The monoisotopic (exact) mass is 303 g/mol. The zero-order valence-electron chi connectivity index (χ0n) is 10.8. The van der Waals surface area contributed by atoms with E-state index in [-0.39, 0.29) is 5.75 Å². The van der Waals surface area contributed by atoms with Crippen molar-refractivity contribution in [3.63, 3.8) is 0 Å². The Morgan fingerprint density at radius 1 is 1.45 bits per heavy atom. The standard InChI is InChI=1S/C12H15F2N3O2S/c1-18-7-6-15-12(20)17-16-8-9-4-2-3-5-10(9)19-11(13)14/h2-5,8,11H,6-7H2,1H3,(H2,15,17,20)/b16-8+. The van der Waals surface area contributed by atoms with Crippen molar-refractivity contribution in [2.24, 2.45) is 5.10 Å². The Hall–Kier alpha value is -1.80. The molecular weight excluding hydrogens is 288 g/mol. The van der Waals surface area contributed by atoms with E-state index >= 15 is 0 Å². The fourth-order valence-electron chi connectivity index (χ4n) is 1.26. The van der Waals surface area contributed by atoms with Crippen molar-refractivity contribution in [3.05, 3.63) is 29.8 Å². The number of nitrogens with one attached hydrogen (secondary N) is 2. The number of methoxy groups -OCH3 is 1. The fraction of sp³-hybridized carbons (Fsp3) is 0.333. The second-order valence-corrected chi connectivity index (χ2v) is 3.94. The van der Waals surface area contributed by atoms with Crippen molar-refractivity contribution in [2.75, 3.05) is 20.3 Å². The molecule has 0 radical (unpaired) electrons. The topological polar surface area (TPSA) is 54.9 Å². The summed E-state index contributed by atoms with van der Waals surface area (Å²) in [6.45, 7) is -1.83. The highest BCUT2D eigenvalue weighted by molar-refractivity contribution is 7.80. The second-order valence-electron chi connectivity index (χ2n) is 3.54. The molecule has 0 heterocycles. The number of halogens is 2. The highest BCUT2D eigenvalue weighted by Gasteiger charge is 2.07. The van der Waals surface area contributed by atoms with Crippen molar-refractivity contribution in [3.8, 4) is 5.75 Å². The van der Waals surface area contributed by atoms with Gasteiger partial charge in [0.15, 0.2) is 5.11 Å². The first-order chi connectivity index (χ1) is 9.63. The molecule has 0 aliphatic rings. The Kier molecular flexibility index (Phi) is 7.44. The van der Waals surface area contributed by atoms with Crippen molar-refractivity contribution in [1.82, 2.24) is 10.7 Å². The molecule has 0 bridgehead atoms. The third-order valence-corrected chi connectivity index (χ3v) is 2.33. The van der Waals surface area contributed by atoms with E-state index in [1.165, 1.54) is 12.3 Å². The average Bonchev–Trinajstić information content (AvgIpc) is 2.40. The number of benzene rings is 1. The molecule has 0 aromatic heterocycles. The highest BCUT2D eigenvalue weighted by Crippen LogP contribution is 2.18. The Balaban J connectivity index is 2.51. The quantitative estimate of drug-likeness (QED) is 0.348. The number of ether oxygens (including phenoxy) is 2. The van der Waals surface area contributed by atoms with Gasteiger partial charge in [-0.2, -0.15) is 13.9 Å². The number of hydrogen-bond acceptors (Lipinski definition) is 4. The van der Waals surface area contributed by atoms with Crippen LogP contribution in [0.1, 0.15) is 5.56 Å². The number of hydrogen-bond donors (Lipinski definition) is 2. The Morgan fingerprint density at radius 3 is 2.90 bits per heavy atom. The molecule has 5 nitrogen and oxygen atoms in total. The first-order valence-electron chi connectivity index (χ1n) is 5.73. The van der Waals surface area contributed by atoms with Gasteiger partial charge in [0, 0.05) is 19.2 Å². The summed E-state index contributed by atoms with van der Waals surface area (Å²) in [5, 5.41) is 7.00. The predicted octanol–water partition coefficient (Wildman–Crippen LogP) is 1.73. The molecule has 2 N–H and O–H groups in total. The lowest BCUT2D eigenvalue weighted by Crippen LogP contribution is -2.34. The third kappa shape index (κ3) is 6.39. The van der Waals surface area contributed by atoms with Gasteiger partial charge in [-0.15, -0.1) is 0 Å². The smallest absolute Gasteiger partial charge is 0.387 e. The summed E-state index contributed by atoms with van der Waals surface area (Å²) in [6, 6.07) is 6.32. The summed E-state index contributed by atoms with van der Waals surface area (Å²) >= 11 is 4.94. The van der Waals surface area contributed by atoms with Gasteiger partial charge < -0.3 is 14.8 Å². The summed E-state index contributed by atoms with van der Waals surface area (Å²) in [7, 11) is 1.58. The molecule has 1 aromatic rings. The zero-order valence-corrected chi connectivity index (χ0v) is 11.6. The molecule has 0 amide bonds. The highest BCUT2D eigenvalue weighted by atomic mass is 32.1. The largest absolute Gasteiger partial charge is 0.434 e. The van der Waals surface area contributed by atoms with Crippen LogP contribution >= 0.6 is 12.2 Å². The van der Waals surface area contributed by atoms with Crippen LogP contribution < -0.4 is 15.5 Å². The lowest BCUT2D eigenvalue weighted by atomic mass is 10.2. The summed E-state index contributed by atoms with van der Waals surface area (Å²) in [4.78, 5) is 0. The molecule has 8 heteroatoms. The van der Waals surface area contributed by atoms with E-state index in [2.05, 4.69) is 20.6 Å². The van der Waals surface area contributed by atoms with Crippen LogP contribution in [0.15, 0.2) is 29.4 Å². The van der Waals surface area contributed by atoms with Gasteiger partial charge >= 0.3 is 6.61 Å². The molecule has 0 saturated carbocycles. The minimum absolute atomic E-state index is 0.0475. The summed E-state index contributed by atoms with van der Waals surface area (Å²) in [5.41, 5.74) is 2.98. The molecular formula is C12H15F2N3O2S. The maximum Gasteiger partial charge on any atom is 0.387 e. The molecule has 1 aromatic carbocycles. The molecule has 0 spiro atoms. The molecule has 0 aliphatic carbocycles. The SMILES string of the molecule is COCCNC(=S)N/N=C/c1ccccc1OC(F)F. The Bertz CT molecular complexity index is 458. The van der Waals surface area contributed by atoms with E-state index in [0.717, 1.165) is 0 Å². The zero-order chi connectivity index (χ0) is 14.8. The van der Waals surface area contributed by atoms with Crippen LogP contribution in [0, 0.1) is 0 Å². The maximum absolute atomic E-state index is 12.2. The first kappa shape index (κ1) is 16.3. The van der Waals surface area contributed by atoms with Crippen LogP contribution in [0.4, 0.5) is 8.78 Å². The number of thiocarbonyl (C=S) groups is 1. The molecule has 0 atom stereocenters. The fourth-order valence-corrected chi connectivity index (χ4v) is 1.41. The number of nitrogens with zero attached hydrogens (tertiary/aromatic N) is 1. The first-order valence-corrected chi connectivity index (χ1v) is 6.14. The van der Waals surface area contributed by atoms with E-state index in [0.29, 0.717) is 23.8 Å². The van der Waals surface area contributed by atoms with Gasteiger partial charge in [0.1, 0.15) is 5.75 Å². The van der Waals surface area contributed by atoms with E-state index in [9.17, 15) is 8.78 Å². The number of rotatable bonds is 7. The van der Waals surface area contributed by atoms with Gasteiger partial charge in [0.2, 0.25) is 0 Å². The van der Waals surface area contributed by atoms with Crippen LogP contribution in [-0.4, -0.2) is 38.2 Å². The van der Waals surface area contributed by atoms with Crippen molar-refractivity contribution in [2.45, 2.75) is 6.61 Å². The number of para-hydroxylation sites is 1. The van der Waals surface area contributed by atoms with Gasteiger partial charge in [-0.1, -0.05) is 12.1 Å². The van der Waals surface area contributed by atoms with Gasteiger partial charge in [-0.3, -0.25) is 5.43 Å². The molecule has 0 aliphatic heterocycles. The summed E-state index contributed by atoms with van der Waals surface area (Å²) in [6.07, 6.45) is 1.35. The molecule has 0 fully saturated rings. The van der Waals surface area contributed by atoms with Crippen LogP contribution in [0.2, 0.25) is 0 Å². The van der Waals surface area contributed by atoms with Gasteiger partial charge in [-0.25, -0.2) is 0 Å². The van der Waals surface area contributed by atoms with Crippen LogP contribution in [0.25, 0.3) is 0 Å². The van der Waals surface area contributed by atoms with Gasteiger partial charge in [-0.05, 0) is 24.4 Å². The predicted molar refractivity (Wildman–Crippen MR) is 76.3 cm³/mol. The molecule has 1 rings (SSSR count). The summed E-state index contributed by atoms with van der Waals surface area (Å²) < 4.78 is 33.6. The van der Waals surface area contributed by atoms with E-state index in [1.54, 1.807) is 25.3 Å². The van der Waals surface area contributed by atoms with Crippen LogP contribution in [0.3, 0.4) is 0 Å². The molecule has 0 unspecified atom stereocenters. The number of hydrazone groups is 1. The van der Waals surface area contributed by atoms with E-state index in [1.807, 2.05) is 0 Å². The minimum Gasteiger partial charge on any atom is -0.434 e. The minimum atomic E-state index is -2.88. The van der Waals surface area contributed by atoms with Crippen LogP contribution in [-0.2, 0) is 4.74 Å². The van der Waals surface area contributed by atoms with E-state index < -0.39 is 6.61 Å². The van der Waals surface area contributed by atoms with Crippen molar-refractivity contribution in [1.29, 1.82) is 0 Å². The van der Waals surface area contributed by atoms with Gasteiger partial charge in [0.25, 0.3) is 0 Å². The van der Waals surface area contributed by atoms with Crippen molar-refractivity contribution >= 4 is 23.5 Å². The maximum atomic E-state index is 12.2. The van der Waals surface area contributed by atoms with E-state index in [4.69, 9.17) is 17.0 Å².